The van der Waals surface area contributed by atoms with E-state index in [1.54, 1.807) is 31.5 Å². The number of fused-ring (bicyclic) bond motifs is 1. The molecule has 1 aromatic carbocycles. The molecule has 1 aromatic heterocycles. The van der Waals surface area contributed by atoms with Crippen molar-refractivity contribution in [3.8, 4) is 5.75 Å². The number of carbonyl (C=O) groups is 1. The number of rotatable bonds is 7. The van der Waals surface area contributed by atoms with Gasteiger partial charge < -0.3 is 9.64 Å². The van der Waals surface area contributed by atoms with E-state index in [1.165, 1.54) is 6.07 Å². The molecule has 30 heavy (non-hydrogen) atoms. The van der Waals surface area contributed by atoms with Gasteiger partial charge in [0.1, 0.15) is 4.90 Å². The maximum absolute atomic E-state index is 12.6. The standard InChI is InChI=1S/C21H26N4O4S/c1-29-18-8-6-10-22-20(18)24-15-13-23(14-16-24)11-4-5-12-25-21(26)17-7-2-3-9-19(17)30(25,27)28/h2-3,6-10H,4-5,11-16H2,1H3. The fourth-order valence-corrected chi connectivity index (χ4v) is 5.61. The lowest BCUT2D eigenvalue weighted by Crippen LogP contribution is -2.47. The summed E-state index contributed by atoms with van der Waals surface area (Å²) in [6.45, 7) is 4.64. The van der Waals surface area contributed by atoms with Gasteiger partial charge in [-0.3, -0.25) is 9.69 Å². The molecule has 2 aliphatic heterocycles. The summed E-state index contributed by atoms with van der Waals surface area (Å²) >= 11 is 0. The largest absolute Gasteiger partial charge is 0.493 e. The summed E-state index contributed by atoms with van der Waals surface area (Å²) in [5.74, 6) is 1.24. The third-order valence-electron chi connectivity index (χ3n) is 5.64. The lowest BCUT2D eigenvalue weighted by Gasteiger charge is -2.35. The number of aromatic nitrogens is 1. The molecule has 0 bridgehead atoms. The SMILES string of the molecule is COc1cccnc1N1CCN(CCCCN2C(=O)c3ccccc3S2(=O)=O)CC1. The molecule has 3 heterocycles. The highest BCUT2D eigenvalue weighted by atomic mass is 32.2. The van der Waals surface area contributed by atoms with Crippen LogP contribution in [-0.2, 0) is 10.0 Å². The molecule has 1 fully saturated rings. The number of carbonyl (C=O) groups excluding carboxylic acids is 1. The topological polar surface area (TPSA) is 83.1 Å². The molecule has 0 spiro atoms. The number of amides is 1. The van der Waals surface area contributed by atoms with Gasteiger partial charge in [0, 0.05) is 38.9 Å². The zero-order chi connectivity index (χ0) is 21.1. The van der Waals surface area contributed by atoms with Crippen molar-refractivity contribution in [2.45, 2.75) is 17.7 Å². The van der Waals surface area contributed by atoms with E-state index in [4.69, 9.17) is 4.74 Å². The Morgan fingerprint density at radius 1 is 1.00 bits per heavy atom. The summed E-state index contributed by atoms with van der Waals surface area (Å²) in [5, 5.41) is 0. The maximum Gasteiger partial charge on any atom is 0.269 e. The highest BCUT2D eigenvalue weighted by Gasteiger charge is 2.40. The van der Waals surface area contributed by atoms with Crippen LogP contribution in [0.1, 0.15) is 23.2 Å². The van der Waals surface area contributed by atoms with E-state index in [0.717, 1.165) is 55.0 Å². The Morgan fingerprint density at radius 2 is 1.73 bits per heavy atom. The molecule has 1 amide bonds. The summed E-state index contributed by atoms with van der Waals surface area (Å²) in [7, 11) is -2.05. The van der Waals surface area contributed by atoms with E-state index < -0.39 is 15.9 Å². The first-order valence-corrected chi connectivity index (χ1v) is 11.6. The van der Waals surface area contributed by atoms with Crippen LogP contribution in [0.5, 0.6) is 5.75 Å². The molecule has 1 saturated heterocycles. The van der Waals surface area contributed by atoms with Crippen molar-refractivity contribution >= 4 is 21.7 Å². The Balaban J connectivity index is 1.24. The molecule has 4 rings (SSSR count). The molecule has 0 aliphatic carbocycles. The maximum atomic E-state index is 12.6. The second kappa shape index (κ2) is 8.61. The molecule has 0 saturated carbocycles. The van der Waals surface area contributed by atoms with Gasteiger partial charge in [0.25, 0.3) is 15.9 Å². The highest BCUT2D eigenvalue weighted by Crippen LogP contribution is 2.30. The second-order valence-corrected chi connectivity index (χ2v) is 9.27. The fraction of sp³-hybridized carbons (Fsp3) is 0.429. The predicted molar refractivity (Wildman–Crippen MR) is 113 cm³/mol. The lowest BCUT2D eigenvalue weighted by molar-refractivity contribution is 0.0868. The third kappa shape index (κ3) is 3.87. The van der Waals surface area contributed by atoms with Crippen molar-refractivity contribution in [3.05, 3.63) is 48.2 Å². The van der Waals surface area contributed by atoms with Gasteiger partial charge in [0.05, 0.1) is 12.7 Å². The Bertz CT molecular complexity index is 1020. The van der Waals surface area contributed by atoms with Crippen LogP contribution in [0.15, 0.2) is 47.5 Å². The molecule has 0 N–H and O–H groups in total. The smallest absolute Gasteiger partial charge is 0.269 e. The Labute approximate surface area is 177 Å². The molecular weight excluding hydrogens is 404 g/mol. The molecule has 2 aromatic rings. The van der Waals surface area contributed by atoms with Crippen molar-refractivity contribution in [1.29, 1.82) is 0 Å². The van der Waals surface area contributed by atoms with Gasteiger partial charge in [0.15, 0.2) is 11.6 Å². The normalized spacial score (nSPS) is 18.5. The highest BCUT2D eigenvalue weighted by molar-refractivity contribution is 7.90. The summed E-state index contributed by atoms with van der Waals surface area (Å²) < 4.78 is 31.6. The van der Waals surface area contributed by atoms with Gasteiger partial charge >= 0.3 is 0 Å². The van der Waals surface area contributed by atoms with Crippen molar-refractivity contribution in [3.63, 3.8) is 0 Å². The first-order valence-electron chi connectivity index (χ1n) is 10.1. The van der Waals surface area contributed by atoms with Gasteiger partial charge in [-0.2, -0.15) is 0 Å². The van der Waals surface area contributed by atoms with Gasteiger partial charge in [-0.05, 0) is 43.7 Å². The number of anilines is 1. The van der Waals surface area contributed by atoms with E-state index in [-0.39, 0.29) is 17.0 Å². The zero-order valence-corrected chi connectivity index (χ0v) is 17.8. The van der Waals surface area contributed by atoms with E-state index in [0.29, 0.717) is 6.42 Å². The van der Waals surface area contributed by atoms with Gasteiger partial charge in [-0.1, -0.05) is 12.1 Å². The summed E-state index contributed by atoms with van der Waals surface area (Å²) in [4.78, 5) is 21.6. The summed E-state index contributed by atoms with van der Waals surface area (Å²) in [6, 6.07) is 10.2. The van der Waals surface area contributed by atoms with E-state index >= 15 is 0 Å². The Hall–Kier alpha value is -2.65. The monoisotopic (exact) mass is 430 g/mol. The van der Waals surface area contributed by atoms with Gasteiger partial charge in [0.2, 0.25) is 0 Å². The molecule has 160 valence electrons. The van der Waals surface area contributed by atoms with Crippen LogP contribution in [0, 0.1) is 0 Å². The van der Waals surface area contributed by atoms with Crippen LogP contribution in [0.25, 0.3) is 0 Å². The lowest BCUT2D eigenvalue weighted by atomic mass is 10.2. The van der Waals surface area contributed by atoms with E-state index in [2.05, 4.69) is 14.8 Å². The van der Waals surface area contributed by atoms with Crippen LogP contribution < -0.4 is 9.64 Å². The quantitative estimate of drug-likeness (QED) is 0.620. The van der Waals surface area contributed by atoms with E-state index in [1.807, 2.05) is 12.1 Å². The number of benzene rings is 1. The Morgan fingerprint density at radius 3 is 2.47 bits per heavy atom. The van der Waals surface area contributed by atoms with Crippen molar-refractivity contribution in [1.82, 2.24) is 14.2 Å². The number of nitrogens with zero attached hydrogens (tertiary/aromatic N) is 4. The minimum Gasteiger partial charge on any atom is -0.493 e. The van der Waals surface area contributed by atoms with Crippen LogP contribution in [-0.4, -0.2) is 74.9 Å². The predicted octanol–water partition coefficient (Wildman–Crippen LogP) is 1.84. The van der Waals surface area contributed by atoms with Crippen molar-refractivity contribution < 1.29 is 17.9 Å². The van der Waals surface area contributed by atoms with Crippen molar-refractivity contribution in [2.75, 3.05) is 51.3 Å². The molecule has 2 aliphatic rings. The van der Waals surface area contributed by atoms with Crippen LogP contribution >= 0.6 is 0 Å². The summed E-state index contributed by atoms with van der Waals surface area (Å²) in [5.41, 5.74) is 0.276. The third-order valence-corrected chi connectivity index (χ3v) is 7.48. The molecule has 0 unspecified atom stereocenters. The average molecular weight is 431 g/mol. The second-order valence-electron chi connectivity index (χ2n) is 7.44. The number of ether oxygens (including phenoxy) is 1. The average Bonchev–Trinajstić information content (AvgIpc) is 2.97. The molecule has 8 nitrogen and oxygen atoms in total. The molecule has 0 atom stereocenters. The zero-order valence-electron chi connectivity index (χ0n) is 17.0. The number of pyridine rings is 1. The van der Waals surface area contributed by atoms with Crippen molar-refractivity contribution in [2.24, 2.45) is 0 Å². The van der Waals surface area contributed by atoms with Crippen LogP contribution in [0.4, 0.5) is 5.82 Å². The molecular formula is C21H26N4O4S. The number of sulfonamides is 1. The minimum atomic E-state index is -3.70. The fourth-order valence-electron chi connectivity index (χ4n) is 4.01. The summed E-state index contributed by atoms with van der Waals surface area (Å²) in [6.07, 6.45) is 3.26. The number of hydrogen-bond acceptors (Lipinski definition) is 7. The number of unbranched alkanes of at least 4 members (excludes halogenated alkanes) is 1. The number of hydrogen-bond donors (Lipinski definition) is 0. The van der Waals surface area contributed by atoms with Gasteiger partial charge in [-0.25, -0.2) is 17.7 Å². The van der Waals surface area contributed by atoms with Crippen LogP contribution in [0.2, 0.25) is 0 Å². The first-order chi connectivity index (χ1) is 14.5. The minimum absolute atomic E-state index is 0.121. The Kier molecular flexibility index (Phi) is 5.92. The molecule has 9 heteroatoms. The first kappa shape index (κ1) is 20.6. The van der Waals surface area contributed by atoms with Crippen LogP contribution in [0.3, 0.4) is 0 Å². The van der Waals surface area contributed by atoms with Gasteiger partial charge in [-0.15, -0.1) is 0 Å². The van der Waals surface area contributed by atoms with E-state index in [9.17, 15) is 13.2 Å². The number of methoxy groups -OCH3 is 1. The number of piperazine rings is 1. The molecule has 0 radical (unpaired) electrons.